The Balaban J connectivity index is 2.14. The number of amides is 2. The summed E-state index contributed by atoms with van der Waals surface area (Å²) in [6.07, 6.45) is 0.835. The van der Waals surface area contributed by atoms with Crippen molar-refractivity contribution in [1.82, 2.24) is 10.2 Å². The second-order valence-corrected chi connectivity index (χ2v) is 7.11. The Hall–Kier alpha value is -2.82. The van der Waals surface area contributed by atoms with Crippen LogP contribution in [0.1, 0.15) is 38.3 Å². The third-order valence-electron chi connectivity index (χ3n) is 4.71. The van der Waals surface area contributed by atoms with Crippen LogP contribution < -0.4 is 10.1 Å². The van der Waals surface area contributed by atoms with Crippen LogP contribution in [0.5, 0.6) is 5.75 Å². The normalized spacial score (nSPS) is 12.7. The Morgan fingerprint density at radius 2 is 1.79 bits per heavy atom. The van der Waals surface area contributed by atoms with Gasteiger partial charge in [-0.15, -0.1) is 0 Å². The number of nitrogens with one attached hydrogen (secondary N) is 1. The largest absolute Gasteiger partial charge is 0.484 e. The average molecular weight is 383 g/mol. The molecule has 0 saturated carbocycles. The van der Waals surface area contributed by atoms with Crippen LogP contribution in [0.3, 0.4) is 0 Å². The van der Waals surface area contributed by atoms with E-state index in [2.05, 4.69) is 5.32 Å². The quantitative estimate of drug-likeness (QED) is 0.719. The molecule has 5 heteroatoms. The summed E-state index contributed by atoms with van der Waals surface area (Å²) in [5, 5.41) is 2.96. The molecule has 2 aromatic rings. The van der Waals surface area contributed by atoms with E-state index in [9.17, 15) is 9.59 Å². The fraction of sp³-hybridized carbons (Fsp3) is 0.391. The zero-order valence-corrected chi connectivity index (χ0v) is 17.1. The number of hydrogen-bond donors (Lipinski definition) is 1. The van der Waals surface area contributed by atoms with Crippen LogP contribution in [0.2, 0.25) is 0 Å². The molecule has 5 nitrogen and oxygen atoms in total. The minimum Gasteiger partial charge on any atom is -0.484 e. The average Bonchev–Trinajstić information content (AvgIpc) is 2.70. The van der Waals surface area contributed by atoms with E-state index in [1.54, 1.807) is 24.0 Å². The zero-order valence-electron chi connectivity index (χ0n) is 17.1. The summed E-state index contributed by atoms with van der Waals surface area (Å²) < 4.78 is 5.62. The van der Waals surface area contributed by atoms with Crippen LogP contribution >= 0.6 is 0 Å². The van der Waals surface area contributed by atoms with Gasteiger partial charge in [0.25, 0.3) is 5.91 Å². The van der Waals surface area contributed by atoms with Gasteiger partial charge in [-0.1, -0.05) is 55.0 Å². The van der Waals surface area contributed by atoms with Crippen molar-refractivity contribution in [2.45, 2.75) is 52.7 Å². The van der Waals surface area contributed by atoms with Gasteiger partial charge in [0.05, 0.1) is 0 Å². The Morgan fingerprint density at radius 3 is 2.43 bits per heavy atom. The number of carbonyl (C=O) groups excluding carboxylic acids is 2. The Bertz CT molecular complexity index is 776. The van der Waals surface area contributed by atoms with Crippen molar-refractivity contribution in [3.8, 4) is 5.75 Å². The van der Waals surface area contributed by atoms with Crippen LogP contribution in [0, 0.1) is 6.92 Å². The standard InChI is InChI=1S/C23H30N2O3/c1-5-18(3)24-23(27)19(4)25(15-20-11-9-10-17(2)14-20)22(26)16-28-21-12-7-6-8-13-21/h6-14,18-19H,5,15-16H2,1-4H3,(H,24,27)/t18-,19+/m0/s1. The first-order valence-corrected chi connectivity index (χ1v) is 9.74. The van der Waals surface area contributed by atoms with Gasteiger partial charge in [-0.2, -0.15) is 0 Å². The van der Waals surface area contributed by atoms with Crippen molar-refractivity contribution < 1.29 is 14.3 Å². The van der Waals surface area contributed by atoms with Gasteiger partial charge in [0.1, 0.15) is 11.8 Å². The first-order valence-electron chi connectivity index (χ1n) is 9.74. The van der Waals surface area contributed by atoms with Crippen molar-refractivity contribution in [2.75, 3.05) is 6.61 Å². The van der Waals surface area contributed by atoms with E-state index in [1.165, 1.54) is 0 Å². The van der Waals surface area contributed by atoms with E-state index in [0.29, 0.717) is 12.3 Å². The predicted octanol–water partition coefficient (Wildman–Crippen LogP) is 3.71. The second-order valence-electron chi connectivity index (χ2n) is 7.11. The highest BCUT2D eigenvalue weighted by Crippen LogP contribution is 2.13. The number of aryl methyl sites for hydroxylation is 1. The number of benzene rings is 2. The first-order chi connectivity index (χ1) is 13.4. The summed E-state index contributed by atoms with van der Waals surface area (Å²) in [7, 11) is 0. The van der Waals surface area contributed by atoms with E-state index < -0.39 is 6.04 Å². The number of nitrogens with zero attached hydrogens (tertiary/aromatic N) is 1. The lowest BCUT2D eigenvalue weighted by molar-refractivity contribution is -0.142. The van der Waals surface area contributed by atoms with Gasteiger partial charge >= 0.3 is 0 Å². The molecule has 0 saturated heterocycles. The second kappa shape index (κ2) is 10.5. The van der Waals surface area contributed by atoms with Crippen LogP contribution in [0.25, 0.3) is 0 Å². The number of hydrogen-bond acceptors (Lipinski definition) is 3. The van der Waals surface area contributed by atoms with Crippen molar-refractivity contribution in [2.24, 2.45) is 0 Å². The first kappa shape index (κ1) is 21.5. The van der Waals surface area contributed by atoms with Gasteiger partial charge < -0.3 is 15.0 Å². The number of para-hydroxylation sites is 1. The van der Waals surface area contributed by atoms with Crippen LogP contribution in [0.15, 0.2) is 54.6 Å². The molecule has 0 aromatic heterocycles. The third kappa shape index (κ3) is 6.41. The molecule has 2 atom stereocenters. The molecule has 28 heavy (non-hydrogen) atoms. The molecule has 0 bridgehead atoms. The minimum absolute atomic E-state index is 0.0615. The number of rotatable bonds is 9. The molecule has 0 fully saturated rings. The topological polar surface area (TPSA) is 58.6 Å². The Labute approximate surface area is 167 Å². The number of ether oxygens (including phenoxy) is 1. The lowest BCUT2D eigenvalue weighted by Crippen LogP contribution is -2.50. The van der Waals surface area contributed by atoms with Crippen LogP contribution in [0.4, 0.5) is 0 Å². The summed E-state index contributed by atoms with van der Waals surface area (Å²) in [6, 6.07) is 16.6. The highest BCUT2D eigenvalue weighted by Gasteiger charge is 2.27. The molecular weight excluding hydrogens is 352 g/mol. The van der Waals surface area contributed by atoms with Gasteiger partial charge in [-0.3, -0.25) is 9.59 Å². The molecule has 150 valence electrons. The van der Waals surface area contributed by atoms with Crippen molar-refractivity contribution in [3.05, 3.63) is 65.7 Å². The van der Waals surface area contributed by atoms with Gasteiger partial charge in [0.2, 0.25) is 5.91 Å². The van der Waals surface area contributed by atoms with Crippen molar-refractivity contribution >= 4 is 11.8 Å². The van der Waals surface area contributed by atoms with Crippen LogP contribution in [-0.4, -0.2) is 35.4 Å². The Kier molecular flexibility index (Phi) is 8.05. The van der Waals surface area contributed by atoms with Gasteiger partial charge in [-0.25, -0.2) is 0 Å². The fourth-order valence-electron chi connectivity index (χ4n) is 2.80. The lowest BCUT2D eigenvalue weighted by Gasteiger charge is -2.29. The van der Waals surface area contributed by atoms with Crippen LogP contribution in [-0.2, 0) is 16.1 Å². The molecule has 0 radical (unpaired) electrons. The maximum Gasteiger partial charge on any atom is 0.261 e. The summed E-state index contributed by atoms with van der Waals surface area (Å²) in [6.45, 7) is 7.97. The molecule has 0 aliphatic heterocycles. The highest BCUT2D eigenvalue weighted by molar-refractivity contribution is 5.88. The molecule has 0 unspecified atom stereocenters. The van der Waals surface area contributed by atoms with Gasteiger partial charge in [0.15, 0.2) is 6.61 Å². The van der Waals surface area contributed by atoms with E-state index in [4.69, 9.17) is 4.74 Å². The minimum atomic E-state index is -0.596. The molecular formula is C23H30N2O3. The predicted molar refractivity (Wildman–Crippen MR) is 111 cm³/mol. The smallest absolute Gasteiger partial charge is 0.261 e. The summed E-state index contributed by atoms with van der Waals surface area (Å²) in [4.78, 5) is 27.2. The van der Waals surface area contributed by atoms with Gasteiger partial charge in [-0.05, 0) is 44.9 Å². The molecule has 1 N–H and O–H groups in total. The maximum absolute atomic E-state index is 12.9. The van der Waals surface area contributed by atoms with Crippen molar-refractivity contribution in [3.63, 3.8) is 0 Å². The molecule has 0 spiro atoms. The summed E-state index contributed by atoms with van der Waals surface area (Å²) >= 11 is 0. The van der Waals surface area contributed by atoms with E-state index in [1.807, 2.05) is 63.2 Å². The molecule has 2 rings (SSSR count). The van der Waals surface area contributed by atoms with Crippen molar-refractivity contribution in [1.29, 1.82) is 0 Å². The molecule has 0 aliphatic carbocycles. The lowest BCUT2D eigenvalue weighted by atomic mass is 10.1. The summed E-state index contributed by atoms with van der Waals surface area (Å²) in [5.41, 5.74) is 2.10. The van der Waals surface area contributed by atoms with E-state index in [0.717, 1.165) is 17.5 Å². The Morgan fingerprint density at radius 1 is 1.07 bits per heavy atom. The molecule has 2 aromatic carbocycles. The summed E-state index contributed by atoms with van der Waals surface area (Å²) in [5.74, 6) is 0.246. The molecule has 0 aliphatic rings. The monoisotopic (exact) mass is 382 g/mol. The SMILES string of the molecule is CC[C@H](C)NC(=O)[C@@H](C)N(Cc1cccc(C)c1)C(=O)COc1ccccc1. The fourth-order valence-corrected chi connectivity index (χ4v) is 2.80. The number of carbonyl (C=O) groups is 2. The maximum atomic E-state index is 12.9. The molecule has 2 amide bonds. The molecule has 0 heterocycles. The highest BCUT2D eigenvalue weighted by atomic mass is 16.5. The third-order valence-corrected chi connectivity index (χ3v) is 4.71. The zero-order chi connectivity index (χ0) is 20.5. The van der Waals surface area contributed by atoms with E-state index in [-0.39, 0.29) is 24.5 Å². The van der Waals surface area contributed by atoms with Gasteiger partial charge in [0, 0.05) is 12.6 Å². The van der Waals surface area contributed by atoms with E-state index >= 15 is 0 Å².